The summed E-state index contributed by atoms with van der Waals surface area (Å²) in [4.78, 5) is 19.6. The molecule has 4 rings (SSSR count). The Morgan fingerprint density at radius 2 is 1.81 bits per heavy atom. The van der Waals surface area contributed by atoms with Crippen LogP contribution in [0.25, 0.3) is 11.0 Å². The van der Waals surface area contributed by atoms with E-state index in [1.54, 1.807) is 51.0 Å². The monoisotopic (exact) mass is 419 g/mol. The van der Waals surface area contributed by atoms with Gasteiger partial charge >= 0.3 is 5.97 Å². The van der Waals surface area contributed by atoms with Crippen LogP contribution in [0.15, 0.2) is 61.1 Å². The zero-order valence-electron chi connectivity index (χ0n) is 17.1. The third-order valence-electron chi connectivity index (χ3n) is 4.85. The van der Waals surface area contributed by atoms with Gasteiger partial charge in [-0.15, -0.1) is 0 Å². The first-order valence-corrected chi connectivity index (χ1v) is 9.54. The van der Waals surface area contributed by atoms with Gasteiger partial charge in [0.25, 0.3) is 0 Å². The molecule has 0 saturated heterocycles. The highest BCUT2D eigenvalue weighted by molar-refractivity contribution is 5.92. The molecule has 0 bridgehead atoms. The van der Waals surface area contributed by atoms with Crippen molar-refractivity contribution in [1.82, 2.24) is 14.5 Å². The first kappa shape index (κ1) is 20.2. The highest BCUT2D eigenvalue weighted by Gasteiger charge is 2.11. The molecule has 2 aromatic heterocycles. The van der Waals surface area contributed by atoms with Gasteiger partial charge in [-0.2, -0.15) is 0 Å². The number of carboxylic acid groups (broad SMARTS) is 1. The molecule has 2 heterocycles. The minimum absolute atomic E-state index is 0.216. The van der Waals surface area contributed by atoms with E-state index in [0.717, 1.165) is 16.6 Å². The lowest BCUT2D eigenvalue weighted by Gasteiger charge is -2.13. The van der Waals surface area contributed by atoms with E-state index in [-0.39, 0.29) is 5.56 Å². The molecule has 0 amide bonds. The molecule has 0 unspecified atom stereocenters. The number of pyridine rings is 1. The maximum Gasteiger partial charge on any atom is 0.335 e. The van der Waals surface area contributed by atoms with Gasteiger partial charge in [0.05, 0.1) is 37.1 Å². The van der Waals surface area contributed by atoms with Crippen molar-refractivity contribution < 1.29 is 24.1 Å². The summed E-state index contributed by atoms with van der Waals surface area (Å²) in [6.07, 6.45) is 3.41. The van der Waals surface area contributed by atoms with Gasteiger partial charge in [-0.3, -0.25) is 0 Å². The molecule has 8 heteroatoms. The molecule has 31 heavy (non-hydrogen) atoms. The lowest BCUT2D eigenvalue weighted by Crippen LogP contribution is -2.02. The molecule has 0 atom stereocenters. The SMILES string of the molecule is COc1ccc(COc2ccc(Cn3cnc4cc(C(=O)O)ccc43)cc2OC)cn1. The molecule has 0 saturated carbocycles. The number of hydrogen-bond donors (Lipinski definition) is 1. The summed E-state index contributed by atoms with van der Waals surface area (Å²) in [6.45, 7) is 0.909. The second-order valence-electron chi connectivity index (χ2n) is 6.86. The maximum atomic E-state index is 11.1. The standard InChI is InChI=1S/C23H21N3O5/c1-29-21-9-15(3-7-20(21)31-13-16-4-8-22(30-2)24-11-16)12-26-14-25-18-10-17(23(27)28)5-6-19(18)26/h3-11,14H,12-13H2,1-2H3,(H,27,28). The number of fused-ring (bicyclic) bond motifs is 1. The van der Waals surface area contributed by atoms with Crippen LogP contribution in [-0.4, -0.2) is 39.8 Å². The molecule has 158 valence electrons. The third-order valence-corrected chi connectivity index (χ3v) is 4.85. The van der Waals surface area contributed by atoms with E-state index in [1.165, 1.54) is 0 Å². The van der Waals surface area contributed by atoms with Crippen molar-refractivity contribution in [2.24, 2.45) is 0 Å². The van der Waals surface area contributed by atoms with Crippen LogP contribution in [0.4, 0.5) is 0 Å². The molecular formula is C23H21N3O5. The second-order valence-corrected chi connectivity index (χ2v) is 6.86. The van der Waals surface area contributed by atoms with Crippen molar-refractivity contribution in [2.75, 3.05) is 14.2 Å². The predicted molar refractivity (Wildman–Crippen MR) is 114 cm³/mol. The van der Waals surface area contributed by atoms with Gasteiger partial charge in [-0.05, 0) is 42.0 Å². The van der Waals surface area contributed by atoms with Crippen molar-refractivity contribution >= 4 is 17.0 Å². The zero-order valence-corrected chi connectivity index (χ0v) is 17.1. The number of rotatable bonds is 8. The number of carboxylic acids is 1. The van der Waals surface area contributed by atoms with Crippen LogP contribution in [0.3, 0.4) is 0 Å². The van der Waals surface area contributed by atoms with Crippen LogP contribution >= 0.6 is 0 Å². The number of benzene rings is 2. The number of ether oxygens (including phenoxy) is 3. The Morgan fingerprint density at radius 1 is 0.968 bits per heavy atom. The van der Waals surface area contributed by atoms with Gasteiger partial charge < -0.3 is 23.9 Å². The number of methoxy groups -OCH3 is 2. The average molecular weight is 419 g/mol. The fourth-order valence-electron chi connectivity index (χ4n) is 3.23. The van der Waals surface area contributed by atoms with Crippen LogP contribution in [0, 0.1) is 0 Å². The number of aromatic nitrogens is 3. The Labute approximate surface area is 178 Å². The second kappa shape index (κ2) is 8.74. The van der Waals surface area contributed by atoms with Crippen molar-refractivity contribution in [2.45, 2.75) is 13.2 Å². The molecule has 8 nitrogen and oxygen atoms in total. The molecule has 0 aliphatic heterocycles. The molecule has 0 fully saturated rings. The topological polar surface area (TPSA) is 95.7 Å². The van der Waals surface area contributed by atoms with Gasteiger partial charge in [0.15, 0.2) is 11.5 Å². The van der Waals surface area contributed by atoms with E-state index in [0.29, 0.717) is 36.0 Å². The van der Waals surface area contributed by atoms with Gasteiger partial charge in [0.1, 0.15) is 6.61 Å². The first-order valence-electron chi connectivity index (χ1n) is 9.54. The normalized spacial score (nSPS) is 10.8. The number of imidazole rings is 1. The largest absolute Gasteiger partial charge is 0.493 e. The van der Waals surface area contributed by atoms with E-state index in [1.807, 2.05) is 28.8 Å². The molecule has 0 radical (unpaired) electrons. The van der Waals surface area contributed by atoms with E-state index in [4.69, 9.17) is 19.3 Å². The molecule has 1 N–H and O–H groups in total. The first-order chi connectivity index (χ1) is 15.1. The average Bonchev–Trinajstić information content (AvgIpc) is 3.20. The molecule has 2 aromatic carbocycles. The van der Waals surface area contributed by atoms with Crippen LogP contribution in [-0.2, 0) is 13.2 Å². The minimum atomic E-state index is -0.970. The molecule has 4 aromatic rings. The fraction of sp³-hybridized carbons (Fsp3) is 0.174. The third kappa shape index (κ3) is 4.42. The molecule has 0 aliphatic carbocycles. The molecule has 0 spiro atoms. The smallest absolute Gasteiger partial charge is 0.335 e. The summed E-state index contributed by atoms with van der Waals surface area (Å²) in [6, 6.07) is 14.3. The van der Waals surface area contributed by atoms with E-state index >= 15 is 0 Å². The highest BCUT2D eigenvalue weighted by Crippen LogP contribution is 2.29. The highest BCUT2D eigenvalue weighted by atomic mass is 16.5. The van der Waals surface area contributed by atoms with Gasteiger partial charge in [0, 0.05) is 24.4 Å². The van der Waals surface area contributed by atoms with E-state index < -0.39 is 5.97 Å². The summed E-state index contributed by atoms with van der Waals surface area (Å²) in [7, 11) is 3.17. The summed E-state index contributed by atoms with van der Waals surface area (Å²) in [5.74, 6) is 0.833. The van der Waals surface area contributed by atoms with E-state index in [2.05, 4.69) is 9.97 Å². The van der Waals surface area contributed by atoms with Crippen LogP contribution in [0.2, 0.25) is 0 Å². The Hall–Kier alpha value is -4.07. The fourth-order valence-corrected chi connectivity index (χ4v) is 3.23. The van der Waals surface area contributed by atoms with Crippen LogP contribution in [0.1, 0.15) is 21.5 Å². The lowest BCUT2D eigenvalue weighted by molar-refractivity contribution is 0.0697. The van der Waals surface area contributed by atoms with Gasteiger partial charge in [-0.1, -0.05) is 6.07 Å². The summed E-state index contributed by atoms with van der Waals surface area (Å²) < 4.78 is 18.4. The Morgan fingerprint density at radius 3 is 2.52 bits per heavy atom. The summed E-state index contributed by atoms with van der Waals surface area (Å²) in [5, 5.41) is 9.14. The van der Waals surface area contributed by atoms with Crippen molar-refractivity contribution in [3.63, 3.8) is 0 Å². The van der Waals surface area contributed by atoms with Crippen molar-refractivity contribution in [3.05, 3.63) is 77.7 Å². The van der Waals surface area contributed by atoms with Crippen molar-refractivity contribution in [3.8, 4) is 17.4 Å². The van der Waals surface area contributed by atoms with E-state index in [9.17, 15) is 4.79 Å². The summed E-state index contributed by atoms with van der Waals surface area (Å²) >= 11 is 0. The van der Waals surface area contributed by atoms with Crippen LogP contribution in [0.5, 0.6) is 17.4 Å². The maximum absolute atomic E-state index is 11.1. The number of nitrogens with zero attached hydrogens (tertiary/aromatic N) is 3. The number of hydrogen-bond acceptors (Lipinski definition) is 6. The van der Waals surface area contributed by atoms with Gasteiger partial charge in [0.2, 0.25) is 5.88 Å². The van der Waals surface area contributed by atoms with Crippen LogP contribution < -0.4 is 14.2 Å². The van der Waals surface area contributed by atoms with Crippen molar-refractivity contribution in [1.29, 1.82) is 0 Å². The number of carbonyl (C=O) groups is 1. The Bertz CT molecular complexity index is 1220. The molecule has 0 aliphatic rings. The predicted octanol–water partition coefficient (Wildman–Crippen LogP) is 3.77. The minimum Gasteiger partial charge on any atom is -0.493 e. The zero-order chi connectivity index (χ0) is 21.8. The molecular weight excluding hydrogens is 398 g/mol. The Kier molecular flexibility index (Phi) is 5.70. The Balaban J connectivity index is 1.50. The quantitative estimate of drug-likeness (QED) is 0.464. The van der Waals surface area contributed by atoms with Gasteiger partial charge in [-0.25, -0.2) is 14.8 Å². The summed E-state index contributed by atoms with van der Waals surface area (Å²) in [5.41, 5.74) is 3.62. The lowest BCUT2D eigenvalue weighted by atomic mass is 10.1. The number of aromatic carboxylic acids is 1.